The Morgan fingerprint density at radius 2 is 1.06 bits per heavy atom. The van der Waals surface area contributed by atoms with Crippen LogP contribution >= 0.6 is 11.3 Å². The second-order valence-corrected chi connectivity index (χ2v) is 13.4. The van der Waals surface area contributed by atoms with Gasteiger partial charge in [0, 0.05) is 53.8 Å². The Labute approximate surface area is 291 Å². The van der Waals surface area contributed by atoms with Crippen molar-refractivity contribution in [2.45, 2.75) is 0 Å². The predicted molar refractivity (Wildman–Crippen MR) is 207 cm³/mol. The van der Waals surface area contributed by atoms with Crippen LogP contribution in [0.1, 0.15) is 0 Å². The van der Waals surface area contributed by atoms with E-state index in [2.05, 4.69) is 94.5 Å². The van der Waals surface area contributed by atoms with E-state index in [0.717, 1.165) is 55.3 Å². The summed E-state index contributed by atoms with van der Waals surface area (Å²) in [5.41, 5.74) is 8.29. The number of aromatic nitrogens is 5. The van der Waals surface area contributed by atoms with Crippen LogP contribution in [0.3, 0.4) is 0 Å². The van der Waals surface area contributed by atoms with Crippen molar-refractivity contribution in [2.24, 2.45) is 0 Å². The minimum absolute atomic E-state index is 0.586. The molecule has 4 aromatic heterocycles. The second kappa shape index (κ2) is 11.6. The van der Waals surface area contributed by atoms with Gasteiger partial charge in [0.1, 0.15) is 0 Å². The summed E-state index contributed by atoms with van der Waals surface area (Å²) in [5.74, 6) is 1.86. The topological polar surface area (TPSA) is 56.5 Å². The number of hydrogen-bond acceptors (Lipinski definition) is 5. The summed E-state index contributed by atoms with van der Waals surface area (Å²) < 4.78 is 4.71. The Hall–Kier alpha value is -6.50. The lowest BCUT2D eigenvalue weighted by Crippen LogP contribution is -2.06. The molecule has 0 amide bonds. The van der Waals surface area contributed by atoms with Gasteiger partial charge in [-0.3, -0.25) is 9.55 Å². The molecule has 0 saturated carbocycles. The molecule has 0 N–H and O–H groups in total. The lowest BCUT2D eigenvalue weighted by molar-refractivity contribution is 0.954. The van der Waals surface area contributed by atoms with E-state index in [4.69, 9.17) is 15.0 Å². The molecule has 0 aliphatic rings. The van der Waals surface area contributed by atoms with Crippen molar-refractivity contribution in [3.8, 4) is 51.1 Å². The number of thiophene rings is 1. The third-order valence-corrected chi connectivity index (χ3v) is 10.4. The summed E-state index contributed by atoms with van der Waals surface area (Å²) in [4.78, 5) is 19.9. The molecular weight excluding hydrogens is 631 g/mol. The summed E-state index contributed by atoms with van der Waals surface area (Å²) in [6.07, 6.45) is 1.84. The van der Waals surface area contributed by atoms with E-state index in [0.29, 0.717) is 17.6 Å². The van der Waals surface area contributed by atoms with E-state index < -0.39 is 0 Å². The van der Waals surface area contributed by atoms with E-state index in [1.807, 2.05) is 90.3 Å². The molecule has 0 atom stereocenters. The maximum absolute atomic E-state index is 5.16. The van der Waals surface area contributed by atoms with E-state index in [-0.39, 0.29) is 0 Å². The van der Waals surface area contributed by atoms with E-state index in [1.165, 1.54) is 20.2 Å². The van der Waals surface area contributed by atoms with Gasteiger partial charge in [-0.1, -0.05) is 109 Å². The molecule has 0 bridgehead atoms. The lowest BCUT2D eigenvalue weighted by Gasteiger charge is -2.11. The number of hydrogen-bond donors (Lipinski definition) is 0. The molecule has 0 saturated heterocycles. The van der Waals surface area contributed by atoms with Gasteiger partial charge in [0.05, 0.1) is 16.7 Å². The highest BCUT2D eigenvalue weighted by atomic mass is 32.1. The van der Waals surface area contributed by atoms with Gasteiger partial charge in [0.15, 0.2) is 11.6 Å². The molecule has 10 rings (SSSR count). The van der Waals surface area contributed by atoms with Crippen molar-refractivity contribution < 1.29 is 0 Å². The van der Waals surface area contributed by atoms with Gasteiger partial charge in [0.25, 0.3) is 0 Å². The SMILES string of the molecule is c1ccc(-c2nc(-c3ccccc3)nc(-n3c4ccc(-c5cccc(-c6ccccn6)c5)cc4c4cc5c(cc43)sc3ccccc35)n2)cc1. The lowest BCUT2D eigenvalue weighted by atomic mass is 9.99. The first-order chi connectivity index (χ1) is 24.8. The molecule has 6 aromatic carbocycles. The number of fused-ring (bicyclic) bond motifs is 6. The smallest absolute Gasteiger partial charge is 0.238 e. The number of pyridine rings is 1. The van der Waals surface area contributed by atoms with Crippen LogP contribution in [0.4, 0.5) is 0 Å². The Bertz CT molecular complexity index is 2800. The van der Waals surface area contributed by atoms with Crippen LogP contribution in [0, 0.1) is 0 Å². The minimum Gasteiger partial charge on any atom is -0.278 e. The molecular formula is C44H27N5S. The highest BCUT2D eigenvalue weighted by Crippen LogP contribution is 2.41. The molecule has 0 unspecified atom stereocenters. The van der Waals surface area contributed by atoms with Crippen molar-refractivity contribution in [1.82, 2.24) is 24.5 Å². The first kappa shape index (κ1) is 28.5. The average molecular weight is 658 g/mol. The first-order valence-electron chi connectivity index (χ1n) is 16.6. The zero-order chi connectivity index (χ0) is 33.0. The number of nitrogens with zero attached hydrogens (tertiary/aromatic N) is 5. The summed E-state index contributed by atoms with van der Waals surface area (Å²) in [6, 6.07) is 54.9. The Morgan fingerprint density at radius 1 is 0.400 bits per heavy atom. The highest BCUT2D eigenvalue weighted by molar-refractivity contribution is 7.25. The molecule has 0 radical (unpaired) electrons. The average Bonchev–Trinajstić information content (AvgIpc) is 3.72. The standard InChI is InChI=1S/C44H27N5S/c1-3-12-28(13-4-1)42-46-43(29-14-5-2-6-15-29)48-44(47-42)49-38-22-21-31(30-16-11-17-32(24-30)37-19-9-10-23-45-37)25-34(38)35-26-36-33-18-7-8-20-40(33)50-41(36)27-39(35)49/h1-27H. The van der Waals surface area contributed by atoms with Crippen LogP contribution in [0.5, 0.6) is 0 Å². The summed E-state index contributed by atoms with van der Waals surface area (Å²) >= 11 is 1.82. The third kappa shape index (κ3) is 4.77. The van der Waals surface area contributed by atoms with Gasteiger partial charge in [-0.25, -0.2) is 4.98 Å². The number of rotatable bonds is 5. The van der Waals surface area contributed by atoms with Crippen molar-refractivity contribution in [3.05, 3.63) is 164 Å². The Kier molecular flexibility index (Phi) is 6.60. The molecule has 0 fully saturated rings. The van der Waals surface area contributed by atoms with Gasteiger partial charge in [0.2, 0.25) is 5.95 Å². The monoisotopic (exact) mass is 657 g/mol. The van der Waals surface area contributed by atoms with Crippen molar-refractivity contribution >= 4 is 53.3 Å². The second-order valence-electron chi connectivity index (χ2n) is 12.3. The maximum atomic E-state index is 5.16. The van der Waals surface area contributed by atoms with Gasteiger partial charge >= 0.3 is 0 Å². The first-order valence-corrected chi connectivity index (χ1v) is 17.4. The van der Waals surface area contributed by atoms with Crippen LogP contribution in [0.25, 0.3) is 93.1 Å². The highest BCUT2D eigenvalue weighted by Gasteiger charge is 2.20. The maximum Gasteiger partial charge on any atom is 0.238 e. The van der Waals surface area contributed by atoms with Crippen LogP contribution < -0.4 is 0 Å². The summed E-state index contributed by atoms with van der Waals surface area (Å²) in [6.45, 7) is 0. The fourth-order valence-electron chi connectivity index (χ4n) is 6.92. The van der Waals surface area contributed by atoms with Crippen LogP contribution in [-0.4, -0.2) is 24.5 Å². The third-order valence-electron chi connectivity index (χ3n) is 9.31. The normalized spacial score (nSPS) is 11.6. The molecule has 0 aliphatic heterocycles. The van der Waals surface area contributed by atoms with Crippen molar-refractivity contribution in [1.29, 1.82) is 0 Å². The number of benzene rings is 6. The van der Waals surface area contributed by atoms with E-state index in [1.54, 1.807) is 0 Å². The fraction of sp³-hybridized carbons (Fsp3) is 0. The van der Waals surface area contributed by atoms with Gasteiger partial charge in [-0.15, -0.1) is 11.3 Å². The molecule has 0 spiro atoms. The quantitative estimate of drug-likeness (QED) is 0.185. The summed E-state index contributed by atoms with van der Waals surface area (Å²) in [7, 11) is 0. The molecule has 234 valence electrons. The van der Waals surface area contributed by atoms with Crippen LogP contribution in [-0.2, 0) is 0 Å². The molecule has 4 heterocycles. The zero-order valence-corrected chi connectivity index (χ0v) is 27.5. The fourth-order valence-corrected chi connectivity index (χ4v) is 8.04. The molecule has 5 nitrogen and oxygen atoms in total. The Balaban J connectivity index is 1.26. The predicted octanol–water partition coefficient (Wildman–Crippen LogP) is 11.4. The van der Waals surface area contributed by atoms with Crippen LogP contribution in [0.15, 0.2) is 164 Å². The summed E-state index contributed by atoms with van der Waals surface area (Å²) in [5, 5.41) is 4.82. The van der Waals surface area contributed by atoms with Gasteiger partial charge in [-0.05, 0) is 59.7 Å². The van der Waals surface area contributed by atoms with Crippen molar-refractivity contribution in [2.75, 3.05) is 0 Å². The minimum atomic E-state index is 0.586. The molecule has 0 aliphatic carbocycles. The van der Waals surface area contributed by atoms with Gasteiger partial charge in [-0.2, -0.15) is 9.97 Å². The van der Waals surface area contributed by atoms with Gasteiger partial charge < -0.3 is 0 Å². The van der Waals surface area contributed by atoms with Crippen molar-refractivity contribution in [3.63, 3.8) is 0 Å². The Morgan fingerprint density at radius 3 is 1.82 bits per heavy atom. The van der Waals surface area contributed by atoms with E-state index in [9.17, 15) is 0 Å². The zero-order valence-electron chi connectivity index (χ0n) is 26.7. The molecule has 10 aromatic rings. The largest absolute Gasteiger partial charge is 0.278 e. The molecule has 50 heavy (non-hydrogen) atoms. The van der Waals surface area contributed by atoms with Crippen LogP contribution in [0.2, 0.25) is 0 Å². The molecule has 6 heteroatoms. The van der Waals surface area contributed by atoms with E-state index >= 15 is 0 Å².